The average Bonchev–Trinajstić information content (AvgIpc) is 2.34. The van der Waals surface area contributed by atoms with Gasteiger partial charge in [0.1, 0.15) is 5.69 Å². The third-order valence-electron chi connectivity index (χ3n) is 2.93. The molecule has 2 N–H and O–H groups in total. The molecule has 0 fully saturated rings. The van der Waals surface area contributed by atoms with Gasteiger partial charge in [-0.15, -0.1) is 0 Å². The van der Waals surface area contributed by atoms with Gasteiger partial charge in [-0.3, -0.25) is 0 Å². The van der Waals surface area contributed by atoms with Crippen LogP contribution in [-0.4, -0.2) is 29.6 Å². The monoisotopic (exact) mass is 276 g/mol. The Bertz CT molecular complexity index is 406. The molecule has 0 aliphatic rings. The first-order valence-corrected chi connectivity index (χ1v) is 6.08. The van der Waals surface area contributed by atoms with Crippen molar-refractivity contribution in [3.63, 3.8) is 0 Å². The van der Waals surface area contributed by atoms with Gasteiger partial charge in [0.05, 0.1) is 0 Å². The van der Waals surface area contributed by atoms with Gasteiger partial charge >= 0.3 is 6.18 Å². The summed E-state index contributed by atoms with van der Waals surface area (Å²) in [6, 6.07) is 0.866. The number of hydrogen-bond acceptors (Lipinski definition) is 4. The molecular weight excluding hydrogens is 257 g/mol. The van der Waals surface area contributed by atoms with Crippen LogP contribution >= 0.6 is 0 Å². The summed E-state index contributed by atoms with van der Waals surface area (Å²) in [6.07, 6.45) is -2.66. The van der Waals surface area contributed by atoms with E-state index in [9.17, 15) is 13.2 Å². The number of nitrogens with two attached hydrogens (primary N) is 1. The zero-order valence-corrected chi connectivity index (χ0v) is 11.3. The predicted octanol–water partition coefficient (Wildman–Crippen LogP) is 2.30. The summed E-state index contributed by atoms with van der Waals surface area (Å²) in [5, 5.41) is 0. The van der Waals surface area contributed by atoms with E-state index in [1.807, 2.05) is 13.8 Å². The van der Waals surface area contributed by atoms with Crippen molar-refractivity contribution in [2.45, 2.75) is 32.5 Å². The molecule has 108 valence electrons. The second kappa shape index (κ2) is 6.18. The summed E-state index contributed by atoms with van der Waals surface area (Å²) in [4.78, 5) is 8.95. The Morgan fingerprint density at radius 3 is 2.53 bits per heavy atom. The van der Waals surface area contributed by atoms with E-state index in [-0.39, 0.29) is 12.0 Å². The summed E-state index contributed by atoms with van der Waals surface area (Å²) in [7, 11) is 1.66. The minimum Gasteiger partial charge on any atom is -0.344 e. The molecule has 4 nitrogen and oxygen atoms in total. The summed E-state index contributed by atoms with van der Waals surface area (Å²) in [5.41, 5.74) is 4.96. The third kappa shape index (κ3) is 4.66. The maximum Gasteiger partial charge on any atom is 0.433 e. The van der Waals surface area contributed by atoms with Crippen LogP contribution in [0.25, 0.3) is 0 Å². The highest BCUT2D eigenvalue weighted by Crippen LogP contribution is 2.27. The lowest BCUT2D eigenvalue weighted by molar-refractivity contribution is -0.141. The number of aromatic nitrogens is 2. The third-order valence-corrected chi connectivity index (χ3v) is 2.93. The Kier molecular flexibility index (Phi) is 5.11. The molecule has 1 unspecified atom stereocenters. The van der Waals surface area contributed by atoms with Gasteiger partial charge in [0.2, 0.25) is 5.95 Å². The maximum atomic E-state index is 12.5. The zero-order chi connectivity index (χ0) is 14.6. The molecule has 0 spiro atoms. The first-order chi connectivity index (χ1) is 8.71. The lowest BCUT2D eigenvalue weighted by Crippen LogP contribution is -2.32. The number of hydrogen-bond donors (Lipinski definition) is 1. The fourth-order valence-electron chi connectivity index (χ4n) is 1.47. The molecule has 1 heterocycles. The molecule has 1 aromatic heterocycles. The molecule has 1 rings (SSSR count). The minimum atomic E-state index is -4.45. The van der Waals surface area contributed by atoms with Crippen molar-refractivity contribution >= 4 is 5.95 Å². The van der Waals surface area contributed by atoms with Crippen molar-refractivity contribution in [2.24, 2.45) is 11.7 Å². The number of halogens is 3. The standard InChI is InChI=1S/C12H19F3N4/c1-8(2)9(16)5-7-19(3)11-17-6-4-10(18-11)12(13,14)15/h4,6,8-9H,5,7,16H2,1-3H3. The molecule has 0 aromatic carbocycles. The highest BCUT2D eigenvalue weighted by Gasteiger charge is 2.33. The maximum absolute atomic E-state index is 12.5. The van der Waals surface area contributed by atoms with Gasteiger partial charge in [-0.1, -0.05) is 13.8 Å². The molecule has 0 saturated heterocycles. The molecule has 0 bridgehead atoms. The number of rotatable bonds is 5. The quantitative estimate of drug-likeness (QED) is 0.896. The van der Waals surface area contributed by atoms with Gasteiger partial charge in [-0.2, -0.15) is 13.2 Å². The minimum absolute atomic E-state index is 0.00764. The van der Waals surface area contributed by atoms with E-state index >= 15 is 0 Å². The van der Waals surface area contributed by atoms with Crippen molar-refractivity contribution < 1.29 is 13.2 Å². The van der Waals surface area contributed by atoms with Crippen LogP contribution < -0.4 is 10.6 Å². The van der Waals surface area contributed by atoms with E-state index in [0.717, 1.165) is 12.3 Å². The van der Waals surface area contributed by atoms with Gasteiger partial charge < -0.3 is 10.6 Å². The Morgan fingerprint density at radius 1 is 1.37 bits per heavy atom. The Labute approximate surface area is 110 Å². The molecule has 0 aliphatic carbocycles. The fourth-order valence-corrected chi connectivity index (χ4v) is 1.47. The highest BCUT2D eigenvalue weighted by molar-refractivity contribution is 5.29. The number of alkyl halides is 3. The van der Waals surface area contributed by atoms with Crippen LogP contribution in [0.1, 0.15) is 26.0 Å². The van der Waals surface area contributed by atoms with Crippen molar-refractivity contribution in [1.29, 1.82) is 0 Å². The molecule has 0 aliphatic heterocycles. The lowest BCUT2D eigenvalue weighted by atomic mass is 10.0. The van der Waals surface area contributed by atoms with Gasteiger partial charge in [-0.05, 0) is 18.4 Å². The predicted molar refractivity (Wildman–Crippen MR) is 67.7 cm³/mol. The van der Waals surface area contributed by atoms with Crippen molar-refractivity contribution in [1.82, 2.24) is 9.97 Å². The van der Waals surface area contributed by atoms with Crippen LogP contribution in [0.3, 0.4) is 0 Å². The van der Waals surface area contributed by atoms with Gasteiger partial charge in [0, 0.05) is 25.8 Å². The summed E-state index contributed by atoms with van der Waals surface area (Å²) < 4.78 is 37.6. The zero-order valence-electron chi connectivity index (χ0n) is 11.3. The van der Waals surface area contributed by atoms with Crippen LogP contribution in [0, 0.1) is 5.92 Å². The molecule has 1 aromatic rings. The van der Waals surface area contributed by atoms with E-state index < -0.39 is 11.9 Å². The Balaban J connectivity index is 2.70. The van der Waals surface area contributed by atoms with Crippen LogP contribution in [0.4, 0.5) is 19.1 Å². The molecule has 19 heavy (non-hydrogen) atoms. The van der Waals surface area contributed by atoms with Crippen LogP contribution in [0.2, 0.25) is 0 Å². The molecule has 0 radical (unpaired) electrons. The first kappa shape index (κ1) is 15.7. The average molecular weight is 276 g/mol. The molecule has 7 heteroatoms. The van der Waals surface area contributed by atoms with E-state index in [1.165, 1.54) is 0 Å². The van der Waals surface area contributed by atoms with Gasteiger partial charge in [0.15, 0.2) is 0 Å². The summed E-state index contributed by atoms with van der Waals surface area (Å²) in [6.45, 7) is 4.53. The smallest absolute Gasteiger partial charge is 0.344 e. The summed E-state index contributed by atoms with van der Waals surface area (Å²) >= 11 is 0. The molecular formula is C12H19F3N4. The largest absolute Gasteiger partial charge is 0.433 e. The molecule has 1 atom stereocenters. The molecule has 0 saturated carbocycles. The van der Waals surface area contributed by atoms with E-state index in [4.69, 9.17) is 5.73 Å². The first-order valence-electron chi connectivity index (χ1n) is 6.08. The second-order valence-corrected chi connectivity index (χ2v) is 4.86. The van der Waals surface area contributed by atoms with Crippen molar-refractivity contribution in [2.75, 3.05) is 18.5 Å². The number of anilines is 1. The second-order valence-electron chi connectivity index (χ2n) is 4.86. The fraction of sp³-hybridized carbons (Fsp3) is 0.667. The normalized spacial score (nSPS) is 13.7. The van der Waals surface area contributed by atoms with E-state index in [1.54, 1.807) is 11.9 Å². The summed E-state index contributed by atoms with van der Waals surface area (Å²) in [5.74, 6) is 0.390. The van der Waals surface area contributed by atoms with E-state index in [2.05, 4.69) is 9.97 Å². The van der Waals surface area contributed by atoms with Crippen molar-refractivity contribution in [3.05, 3.63) is 18.0 Å². The Hall–Kier alpha value is -1.37. The van der Waals surface area contributed by atoms with Crippen LogP contribution in [-0.2, 0) is 6.18 Å². The highest BCUT2D eigenvalue weighted by atomic mass is 19.4. The van der Waals surface area contributed by atoms with Crippen molar-refractivity contribution in [3.8, 4) is 0 Å². The SMILES string of the molecule is CC(C)C(N)CCN(C)c1nccc(C(F)(F)F)n1. The van der Waals surface area contributed by atoms with Crippen LogP contribution in [0.15, 0.2) is 12.3 Å². The van der Waals surface area contributed by atoms with Crippen LogP contribution in [0.5, 0.6) is 0 Å². The topological polar surface area (TPSA) is 55.0 Å². The molecule has 0 amide bonds. The Morgan fingerprint density at radius 2 is 2.00 bits per heavy atom. The number of nitrogens with zero attached hydrogens (tertiary/aromatic N) is 3. The van der Waals surface area contributed by atoms with Gasteiger partial charge in [0.25, 0.3) is 0 Å². The lowest BCUT2D eigenvalue weighted by Gasteiger charge is -2.21. The van der Waals surface area contributed by atoms with Gasteiger partial charge in [-0.25, -0.2) is 9.97 Å². The van der Waals surface area contributed by atoms with E-state index in [0.29, 0.717) is 18.9 Å².